The van der Waals surface area contributed by atoms with Gasteiger partial charge in [0.25, 0.3) is 0 Å². The number of aryl methyl sites for hydroxylation is 2. The van der Waals surface area contributed by atoms with Crippen LogP contribution in [0.2, 0.25) is 10.0 Å². The zero-order chi connectivity index (χ0) is 21.6. The first-order valence-electron chi connectivity index (χ1n) is 9.95. The van der Waals surface area contributed by atoms with Gasteiger partial charge in [0.2, 0.25) is 0 Å². The quantitative estimate of drug-likeness (QED) is 0.379. The molecule has 3 unspecified atom stereocenters. The molecular weight excluding hydrogens is 433 g/mol. The SMILES string of the molecule is C=C(Nc1ccc(Cl)c(-c2ccc(C)cc2)c1)C1C(c2cc(C)cc(Cl)c2)C1(C)Cl. The third-order valence-electron chi connectivity index (χ3n) is 5.87. The van der Waals surface area contributed by atoms with Gasteiger partial charge >= 0.3 is 0 Å². The van der Waals surface area contributed by atoms with Crippen LogP contribution in [0.1, 0.15) is 29.5 Å². The van der Waals surface area contributed by atoms with Crippen LogP contribution in [0.15, 0.2) is 72.9 Å². The van der Waals surface area contributed by atoms with Gasteiger partial charge < -0.3 is 5.32 Å². The predicted octanol–water partition coefficient (Wildman–Crippen LogP) is 8.61. The minimum atomic E-state index is -0.395. The molecule has 3 aromatic rings. The van der Waals surface area contributed by atoms with Gasteiger partial charge in [0, 0.05) is 38.8 Å². The Balaban J connectivity index is 1.57. The van der Waals surface area contributed by atoms with Crippen molar-refractivity contribution in [2.24, 2.45) is 5.92 Å². The van der Waals surface area contributed by atoms with Gasteiger partial charge in [0.05, 0.1) is 4.87 Å². The van der Waals surface area contributed by atoms with Crippen molar-refractivity contribution in [3.8, 4) is 11.1 Å². The van der Waals surface area contributed by atoms with Crippen molar-refractivity contribution in [2.45, 2.75) is 31.6 Å². The predicted molar refractivity (Wildman–Crippen MR) is 131 cm³/mol. The fraction of sp³-hybridized carbons (Fsp3) is 0.231. The molecular formula is C26H24Cl3N. The van der Waals surface area contributed by atoms with Crippen LogP contribution in [-0.4, -0.2) is 4.87 Å². The topological polar surface area (TPSA) is 12.0 Å². The lowest BCUT2D eigenvalue weighted by atomic mass is 10.0. The number of hydrogen-bond acceptors (Lipinski definition) is 1. The van der Waals surface area contributed by atoms with Crippen molar-refractivity contribution >= 4 is 40.5 Å². The molecule has 0 radical (unpaired) electrons. The third-order valence-corrected chi connectivity index (χ3v) is 6.89. The van der Waals surface area contributed by atoms with E-state index in [1.165, 1.54) is 5.56 Å². The fourth-order valence-electron chi connectivity index (χ4n) is 4.31. The van der Waals surface area contributed by atoms with Crippen LogP contribution in [0.25, 0.3) is 11.1 Å². The minimum absolute atomic E-state index is 0.107. The van der Waals surface area contributed by atoms with E-state index in [1.807, 2.05) is 31.2 Å². The largest absolute Gasteiger partial charge is 0.359 e. The number of allylic oxidation sites excluding steroid dienone is 1. The highest BCUT2D eigenvalue weighted by Gasteiger charge is 2.62. The van der Waals surface area contributed by atoms with E-state index < -0.39 is 4.87 Å². The van der Waals surface area contributed by atoms with Crippen LogP contribution in [-0.2, 0) is 0 Å². The molecule has 1 N–H and O–H groups in total. The minimum Gasteiger partial charge on any atom is -0.359 e. The van der Waals surface area contributed by atoms with Crippen LogP contribution >= 0.6 is 34.8 Å². The van der Waals surface area contributed by atoms with E-state index in [0.717, 1.165) is 43.7 Å². The zero-order valence-electron chi connectivity index (χ0n) is 17.3. The molecule has 1 aliphatic rings. The highest BCUT2D eigenvalue weighted by Crippen LogP contribution is 2.64. The summed E-state index contributed by atoms with van der Waals surface area (Å²) in [6, 6.07) is 20.4. The molecule has 1 saturated carbocycles. The Kier molecular flexibility index (Phi) is 5.66. The Labute approximate surface area is 193 Å². The van der Waals surface area contributed by atoms with Gasteiger partial charge in [0.15, 0.2) is 0 Å². The third kappa shape index (κ3) is 4.12. The molecule has 0 aromatic heterocycles. The van der Waals surface area contributed by atoms with E-state index >= 15 is 0 Å². The summed E-state index contributed by atoms with van der Waals surface area (Å²) in [7, 11) is 0. The summed E-state index contributed by atoms with van der Waals surface area (Å²) in [6.07, 6.45) is 0. The van der Waals surface area contributed by atoms with Gasteiger partial charge in [-0.15, -0.1) is 11.6 Å². The normalized spacial score (nSPS) is 22.6. The number of anilines is 1. The molecule has 0 aliphatic heterocycles. The average Bonchev–Trinajstić information content (AvgIpc) is 3.25. The van der Waals surface area contributed by atoms with Crippen LogP contribution in [0.4, 0.5) is 5.69 Å². The first kappa shape index (κ1) is 21.3. The molecule has 154 valence electrons. The molecule has 1 fully saturated rings. The van der Waals surface area contributed by atoms with Crippen LogP contribution in [0.3, 0.4) is 0 Å². The lowest BCUT2D eigenvalue weighted by Crippen LogP contribution is -2.05. The van der Waals surface area contributed by atoms with Gasteiger partial charge in [-0.05, 0) is 67.8 Å². The number of alkyl halides is 1. The molecule has 30 heavy (non-hydrogen) atoms. The highest BCUT2D eigenvalue weighted by atomic mass is 35.5. The summed E-state index contributed by atoms with van der Waals surface area (Å²) in [5.41, 5.74) is 7.42. The van der Waals surface area contributed by atoms with Crippen LogP contribution in [0.5, 0.6) is 0 Å². The molecule has 0 bridgehead atoms. The molecule has 4 heteroatoms. The molecule has 4 rings (SSSR count). The van der Waals surface area contributed by atoms with Crippen LogP contribution in [0, 0.1) is 19.8 Å². The van der Waals surface area contributed by atoms with E-state index in [0.29, 0.717) is 0 Å². The number of nitrogens with one attached hydrogen (secondary N) is 1. The molecule has 0 amide bonds. The Morgan fingerprint density at radius 1 is 0.933 bits per heavy atom. The lowest BCUT2D eigenvalue weighted by Gasteiger charge is -2.13. The van der Waals surface area contributed by atoms with Crippen LogP contribution < -0.4 is 5.32 Å². The number of hydrogen-bond donors (Lipinski definition) is 1. The molecule has 0 saturated heterocycles. The second-order valence-electron chi connectivity index (χ2n) is 8.38. The monoisotopic (exact) mass is 455 g/mol. The lowest BCUT2D eigenvalue weighted by molar-refractivity contribution is 0.899. The Hall–Kier alpha value is -1.93. The summed E-state index contributed by atoms with van der Waals surface area (Å²) in [5.74, 6) is 0.274. The van der Waals surface area contributed by atoms with Crippen molar-refractivity contribution < 1.29 is 0 Å². The zero-order valence-corrected chi connectivity index (χ0v) is 19.5. The Bertz CT molecular complexity index is 1100. The van der Waals surface area contributed by atoms with E-state index in [1.54, 1.807) is 0 Å². The van der Waals surface area contributed by atoms with Crippen molar-refractivity contribution in [2.75, 3.05) is 5.32 Å². The summed E-state index contributed by atoms with van der Waals surface area (Å²) in [6.45, 7) is 10.5. The van der Waals surface area contributed by atoms with E-state index in [9.17, 15) is 0 Å². The van der Waals surface area contributed by atoms with Crippen molar-refractivity contribution in [3.63, 3.8) is 0 Å². The van der Waals surface area contributed by atoms with Crippen molar-refractivity contribution in [3.05, 3.63) is 99.7 Å². The standard InChI is InChI=1S/C26H24Cl3N/c1-15-5-7-18(8-6-15)22-14-21(9-10-23(22)28)30-17(3)24-25(26(24,4)29)19-11-16(2)12-20(27)13-19/h5-14,24-25,30H,3H2,1-2,4H3. The van der Waals surface area contributed by atoms with Gasteiger partial charge in [0.1, 0.15) is 0 Å². The average molecular weight is 457 g/mol. The molecule has 1 nitrogen and oxygen atoms in total. The molecule has 0 heterocycles. The van der Waals surface area contributed by atoms with E-state index in [2.05, 4.69) is 62.1 Å². The Morgan fingerprint density at radius 3 is 2.30 bits per heavy atom. The molecule has 3 aromatic carbocycles. The number of rotatable bonds is 5. The van der Waals surface area contributed by atoms with Gasteiger partial charge in [-0.2, -0.15) is 0 Å². The molecule has 1 aliphatic carbocycles. The second-order valence-corrected chi connectivity index (χ2v) is 10.0. The summed E-state index contributed by atoms with van der Waals surface area (Å²) in [5, 5.41) is 4.92. The van der Waals surface area contributed by atoms with E-state index in [4.69, 9.17) is 34.8 Å². The smallest absolute Gasteiger partial charge is 0.0582 e. The summed E-state index contributed by atoms with van der Waals surface area (Å²) in [4.78, 5) is -0.395. The maximum atomic E-state index is 6.88. The highest BCUT2D eigenvalue weighted by molar-refractivity contribution is 6.33. The number of halogens is 3. The van der Waals surface area contributed by atoms with Gasteiger partial charge in [-0.3, -0.25) is 0 Å². The van der Waals surface area contributed by atoms with Crippen molar-refractivity contribution in [1.29, 1.82) is 0 Å². The molecule has 3 atom stereocenters. The number of benzene rings is 3. The van der Waals surface area contributed by atoms with Gasteiger partial charge in [-0.1, -0.05) is 65.7 Å². The maximum absolute atomic E-state index is 6.88. The fourth-order valence-corrected chi connectivity index (χ4v) is 5.28. The summed E-state index contributed by atoms with van der Waals surface area (Å²) < 4.78 is 0. The first-order chi connectivity index (χ1) is 14.2. The maximum Gasteiger partial charge on any atom is 0.0582 e. The first-order valence-corrected chi connectivity index (χ1v) is 11.1. The van der Waals surface area contributed by atoms with Gasteiger partial charge in [-0.25, -0.2) is 0 Å². The van der Waals surface area contributed by atoms with Crippen molar-refractivity contribution in [1.82, 2.24) is 0 Å². The second kappa shape index (κ2) is 7.96. The summed E-state index contributed by atoms with van der Waals surface area (Å²) >= 11 is 19.6. The molecule has 0 spiro atoms. The van der Waals surface area contributed by atoms with E-state index in [-0.39, 0.29) is 11.8 Å². The Morgan fingerprint density at radius 2 is 1.63 bits per heavy atom.